The van der Waals surface area contributed by atoms with E-state index >= 15 is 0 Å². The number of benzene rings is 1. The van der Waals surface area contributed by atoms with Crippen molar-refractivity contribution in [3.8, 4) is 11.4 Å². The van der Waals surface area contributed by atoms with Crippen molar-refractivity contribution in [2.75, 3.05) is 16.4 Å². The molecule has 0 aliphatic heterocycles. The van der Waals surface area contributed by atoms with Crippen LogP contribution < -0.4 is 10.6 Å². The van der Waals surface area contributed by atoms with Crippen molar-refractivity contribution in [2.45, 2.75) is 24.9 Å². The second kappa shape index (κ2) is 9.83. The Labute approximate surface area is 173 Å². The summed E-state index contributed by atoms with van der Waals surface area (Å²) < 4.78 is 1.85. The molecule has 0 aliphatic carbocycles. The number of carbonyl (C=O) groups is 2. The number of anilines is 2. The zero-order valence-corrected chi connectivity index (χ0v) is 17.1. The van der Waals surface area contributed by atoms with E-state index in [9.17, 15) is 9.59 Å². The SMILES string of the molecule is CCCC(=O)Nc1ccc(NC(=O)CSc2nnc(-c3ccncc3)n2C)cc1. The van der Waals surface area contributed by atoms with Crippen LogP contribution in [0.1, 0.15) is 19.8 Å². The van der Waals surface area contributed by atoms with Crippen LogP contribution >= 0.6 is 11.8 Å². The summed E-state index contributed by atoms with van der Waals surface area (Å²) in [6, 6.07) is 10.8. The van der Waals surface area contributed by atoms with E-state index in [0.717, 1.165) is 17.8 Å². The van der Waals surface area contributed by atoms with Gasteiger partial charge in [0.2, 0.25) is 11.8 Å². The lowest BCUT2D eigenvalue weighted by Gasteiger charge is -2.08. The Bertz CT molecular complexity index is 972. The molecule has 150 valence electrons. The monoisotopic (exact) mass is 410 g/mol. The lowest BCUT2D eigenvalue weighted by molar-refractivity contribution is -0.116. The summed E-state index contributed by atoms with van der Waals surface area (Å²) in [5.41, 5.74) is 2.29. The Morgan fingerprint density at radius 3 is 2.21 bits per heavy atom. The average molecular weight is 411 g/mol. The molecule has 0 saturated heterocycles. The van der Waals surface area contributed by atoms with Crippen molar-refractivity contribution in [2.24, 2.45) is 7.05 Å². The van der Waals surface area contributed by atoms with Gasteiger partial charge >= 0.3 is 0 Å². The third kappa shape index (κ3) is 5.64. The number of nitrogens with zero attached hydrogens (tertiary/aromatic N) is 4. The van der Waals surface area contributed by atoms with Gasteiger partial charge in [-0.1, -0.05) is 18.7 Å². The highest BCUT2D eigenvalue weighted by Gasteiger charge is 2.13. The molecule has 3 rings (SSSR count). The highest BCUT2D eigenvalue weighted by Crippen LogP contribution is 2.22. The van der Waals surface area contributed by atoms with E-state index < -0.39 is 0 Å². The number of hydrogen-bond donors (Lipinski definition) is 2. The lowest BCUT2D eigenvalue weighted by atomic mass is 10.2. The fourth-order valence-electron chi connectivity index (χ4n) is 2.61. The van der Waals surface area contributed by atoms with Gasteiger partial charge in [-0.3, -0.25) is 14.6 Å². The molecule has 29 heavy (non-hydrogen) atoms. The molecule has 0 atom stereocenters. The fraction of sp³-hybridized carbons (Fsp3) is 0.250. The minimum Gasteiger partial charge on any atom is -0.326 e. The minimum absolute atomic E-state index is 0.0181. The predicted octanol–water partition coefficient (Wildman–Crippen LogP) is 3.35. The highest BCUT2D eigenvalue weighted by molar-refractivity contribution is 7.99. The maximum Gasteiger partial charge on any atom is 0.234 e. The first-order chi connectivity index (χ1) is 14.1. The van der Waals surface area contributed by atoms with Crippen molar-refractivity contribution in [3.63, 3.8) is 0 Å². The molecule has 0 fully saturated rings. The number of hydrogen-bond acceptors (Lipinski definition) is 6. The second-order valence-corrected chi connectivity index (χ2v) is 7.26. The molecule has 8 nitrogen and oxygen atoms in total. The summed E-state index contributed by atoms with van der Waals surface area (Å²) in [7, 11) is 1.86. The molecule has 0 aliphatic rings. The Kier molecular flexibility index (Phi) is 6.96. The van der Waals surface area contributed by atoms with Gasteiger partial charge in [0, 0.05) is 42.8 Å². The van der Waals surface area contributed by atoms with Crippen LogP contribution in [0.5, 0.6) is 0 Å². The van der Waals surface area contributed by atoms with E-state index in [1.165, 1.54) is 11.8 Å². The summed E-state index contributed by atoms with van der Waals surface area (Å²) in [6.45, 7) is 1.96. The molecule has 2 amide bonds. The molecule has 0 spiro atoms. The van der Waals surface area contributed by atoms with Crippen molar-refractivity contribution in [1.29, 1.82) is 0 Å². The van der Waals surface area contributed by atoms with E-state index in [1.54, 1.807) is 36.7 Å². The molecular weight excluding hydrogens is 388 g/mol. The van der Waals surface area contributed by atoms with Gasteiger partial charge in [0.15, 0.2) is 11.0 Å². The highest BCUT2D eigenvalue weighted by atomic mass is 32.2. The number of aromatic nitrogens is 4. The number of thioether (sulfide) groups is 1. The fourth-order valence-corrected chi connectivity index (χ4v) is 3.32. The maximum atomic E-state index is 12.3. The summed E-state index contributed by atoms with van der Waals surface area (Å²) in [6.07, 6.45) is 4.68. The maximum absolute atomic E-state index is 12.3. The Balaban J connectivity index is 1.53. The van der Waals surface area contributed by atoms with Gasteiger partial charge in [-0.2, -0.15) is 0 Å². The summed E-state index contributed by atoms with van der Waals surface area (Å²) in [5, 5.41) is 14.7. The standard InChI is InChI=1S/C20H22N6O2S/c1-3-4-17(27)22-15-5-7-16(8-6-15)23-18(28)13-29-20-25-24-19(26(20)2)14-9-11-21-12-10-14/h5-12H,3-4,13H2,1-2H3,(H,22,27)(H,23,28). The zero-order chi connectivity index (χ0) is 20.6. The van der Waals surface area contributed by atoms with Gasteiger partial charge < -0.3 is 15.2 Å². The summed E-state index contributed by atoms with van der Waals surface area (Å²) >= 11 is 1.31. The number of carbonyl (C=O) groups excluding carboxylic acids is 2. The zero-order valence-electron chi connectivity index (χ0n) is 16.3. The van der Waals surface area contributed by atoms with Crippen molar-refractivity contribution in [1.82, 2.24) is 19.7 Å². The van der Waals surface area contributed by atoms with Gasteiger partial charge in [0.05, 0.1) is 5.75 Å². The smallest absolute Gasteiger partial charge is 0.234 e. The Hall–Kier alpha value is -3.20. The normalized spacial score (nSPS) is 10.6. The lowest BCUT2D eigenvalue weighted by Crippen LogP contribution is -2.15. The molecule has 9 heteroatoms. The van der Waals surface area contributed by atoms with Gasteiger partial charge in [-0.15, -0.1) is 10.2 Å². The van der Waals surface area contributed by atoms with E-state index in [0.29, 0.717) is 23.0 Å². The molecule has 1 aromatic carbocycles. The molecule has 0 radical (unpaired) electrons. The van der Waals surface area contributed by atoms with E-state index in [4.69, 9.17) is 0 Å². The van der Waals surface area contributed by atoms with E-state index in [1.807, 2.05) is 30.7 Å². The van der Waals surface area contributed by atoms with Crippen molar-refractivity contribution < 1.29 is 9.59 Å². The molecule has 0 unspecified atom stereocenters. The average Bonchev–Trinajstić information content (AvgIpc) is 3.09. The topological polar surface area (TPSA) is 102 Å². The van der Waals surface area contributed by atoms with Crippen LogP contribution in [-0.2, 0) is 16.6 Å². The van der Waals surface area contributed by atoms with Crippen LogP contribution in [0, 0.1) is 0 Å². The second-order valence-electron chi connectivity index (χ2n) is 6.31. The van der Waals surface area contributed by atoms with Gasteiger partial charge in [-0.25, -0.2) is 0 Å². The molecule has 3 aromatic rings. The first-order valence-corrected chi connectivity index (χ1v) is 10.2. The predicted molar refractivity (Wildman–Crippen MR) is 114 cm³/mol. The van der Waals surface area contributed by atoms with E-state index in [-0.39, 0.29) is 17.6 Å². The van der Waals surface area contributed by atoms with Gasteiger partial charge in [0.1, 0.15) is 0 Å². The molecule has 2 aromatic heterocycles. The Morgan fingerprint density at radius 2 is 1.59 bits per heavy atom. The van der Waals surface area contributed by atoms with Crippen LogP contribution in [0.2, 0.25) is 0 Å². The molecule has 0 saturated carbocycles. The van der Waals surface area contributed by atoms with E-state index in [2.05, 4.69) is 25.8 Å². The van der Waals surface area contributed by atoms with Crippen LogP contribution in [0.4, 0.5) is 11.4 Å². The summed E-state index contributed by atoms with van der Waals surface area (Å²) in [5.74, 6) is 0.759. The first kappa shape index (κ1) is 20.5. The van der Waals surface area contributed by atoms with Gasteiger partial charge in [0.25, 0.3) is 0 Å². The Morgan fingerprint density at radius 1 is 0.966 bits per heavy atom. The van der Waals surface area contributed by atoms with Crippen molar-refractivity contribution in [3.05, 3.63) is 48.8 Å². The first-order valence-electron chi connectivity index (χ1n) is 9.19. The van der Waals surface area contributed by atoms with Crippen LogP contribution in [0.25, 0.3) is 11.4 Å². The molecular formula is C20H22N6O2S. The van der Waals surface area contributed by atoms with Crippen LogP contribution in [-0.4, -0.2) is 37.3 Å². The minimum atomic E-state index is -0.147. The number of nitrogens with one attached hydrogen (secondary N) is 2. The molecule has 2 heterocycles. The number of amides is 2. The third-order valence-corrected chi connectivity index (χ3v) is 5.06. The largest absolute Gasteiger partial charge is 0.326 e. The quantitative estimate of drug-likeness (QED) is 0.552. The van der Waals surface area contributed by atoms with Gasteiger partial charge in [-0.05, 0) is 42.8 Å². The third-order valence-electron chi connectivity index (χ3n) is 4.04. The van der Waals surface area contributed by atoms with Crippen LogP contribution in [0.3, 0.4) is 0 Å². The summed E-state index contributed by atoms with van der Waals surface area (Å²) in [4.78, 5) is 27.9. The molecule has 0 bridgehead atoms. The number of pyridine rings is 1. The van der Waals surface area contributed by atoms with Crippen LogP contribution in [0.15, 0.2) is 53.9 Å². The molecule has 2 N–H and O–H groups in total. The van der Waals surface area contributed by atoms with Crippen molar-refractivity contribution >= 4 is 35.0 Å². The number of rotatable bonds is 8.